The van der Waals surface area contributed by atoms with Gasteiger partial charge < -0.3 is 20.5 Å². The smallest absolute Gasteiger partial charge is 0.193 e. The van der Waals surface area contributed by atoms with Crippen LogP contribution in [0.1, 0.15) is 11.1 Å². The van der Waals surface area contributed by atoms with Gasteiger partial charge in [0.05, 0.1) is 20.8 Å². The number of hydrogen-bond donors (Lipinski definition) is 2. The molecule has 6 heteroatoms. The third-order valence-electron chi connectivity index (χ3n) is 3.14. The third kappa shape index (κ3) is 5.97. The van der Waals surface area contributed by atoms with Crippen LogP contribution in [0.2, 0.25) is 0 Å². The minimum atomic E-state index is 0. The molecule has 5 nitrogen and oxygen atoms in total. The quantitative estimate of drug-likeness (QED) is 0.435. The monoisotopic (exact) mass is 427 g/mol. The standard InChI is InChI=1S/C17H21N3O2.HI/c1-12-8-13(10-16(9-12)22-3)11-19-17(18)20-14-4-6-15(21-2)7-5-14;/h4-10H,11H2,1-3H3,(H3,18,19,20);1H. The molecule has 0 aliphatic rings. The van der Waals surface area contributed by atoms with Crippen molar-refractivity contribution >= 4 is 35.6 Å². The Labute approximate surface area is 153 Å². The summed E-state index contributed by atoms with van der Waals surface area (Å²) in [5.74, 6) is 1.99. The van der Waals surface area contributed by atoms with Crippen LogP contribution < -0.4 is 20.5 Å². The van der Waals surface area contributed by atoms with Crippen molar-refractivity contribution in [3.05, 3.63) is 53.6 Å². The van der Waals surface area contributed by atoms with Crippen LogP contribution in [0.4, 0.5) is 5.69 Å². The first kappa shape index (κ1) is 19.1. The lowest BCUT2D eigenvalue weighted by molar-refractivity contribution is 0.414. The summed E-state index contributed by atoms with van der Waals surface area (Å²) in [6.45, 7) is 2.52. The number of methoxy groups -OCH3 is 2. The van der Waals surface area contributed by atoms with E-state index in [2.05, 4.69) is 16.4 Å². The molecule has 0 saturated heterocycles. The first-order valence-electron chi connectivity index (χ1n) is 6.96. The van der Waals surface area contributed by atoms with Crippen molar-refractivity contribution in [2.45, 2.75) is 13.5 Å². The molecule has 0 aromatic heterocycles. The minimum Gasteiger partial charge on any atom is -0.497 e. The highest BCUT2D eigenvalue weighted by Crippen LogP contribution is 2.17. The second-order valence-electron chi connectivity index (χ2n) is 4.91. The normalized spacial score (nSPS) is 10.7. The van der Waals surface area contributed by atoms with E-state index >= 15 is 0 Å². The maximum Gasteiger partial charge on any atom is 0.193 e. The van der Waals surface area contributed by atoms with Crippen LogP contribution >= 0.6 is 24.0 Å². The second-order valence-corrected chi connectivity index (χ2v) is 4.91. The minimum absolute atomic E-state index is 0. The number of aliphatic imine (C=N–C) groups is 1. The maximum atomic E-state index is 5.91. The molecule has 0 aliphatic carbocycles. The van der Waals surface area contributed by atoms with E-state index in [0.29, 0.717) is 12.5 Å². The van der Waals surface area contributed by atoms with E-state index in [1.54, 1.807) is 14.2 Å². The highest BCUT2D eigenvalue weighted by atomic mass is 127. The van der Waals surface area contributed by atoms with Gasteiger partial charge in [-0.15, -0.1) is 24.0 Å². The maximum absolute atomic E-state index is 5.91. The molecular formula is C17H22IN3O2. The Morgan fingerprint density at radius 2 is 1.70 bits per heavy atom. The van der Waals surface area contributed by atoms with Gasteiger partial charge >= 0.3 is 0 Å². The Bertz CT molecular complexity index is 657. The predicted octanol–water partition coefficient (Wildman–Crippen LogP) is 3.56. The van der Waals surface area contributed by atoms with Crippen molar-refractivity contribution in [3.63, 3.8) is 0 Å². The molecule has 2 aromatic carbocycles. The molecular weight excluding hydrogens is 405 g/mol. The summed E-state index contributed by atoms with van der Waals surface area (Å²) in [5, 5.41) is 3.05. The fourth-order valence-corrected chi connectivity index (χ4v) is 2.07. The van der Waals surface area contributed by atoms with E-state index in [1.807, 2.05) is 43.3 Å². The van der Waals surface area contributed by atoms with Crippen molar-refractivity contribution in [1.29, 1.82) is 0 Å². The zero-order valence-electron chi connectivity index (χ0n) is 13.5. The Morgan fingerprint density at radius 3 is 2.30 bits per heavy atom. The molecule has 2 rings (SSSR count). The molecule has 0 amide bonds. The molecule has 124 valence electrons. The van der Waals surface area contributed by atoms with Crippen LogP contribution in [0.3, 0.4) is 0 Å². The highest BCUT2D eigenvalue weighted by Gasteiger charge is 2.00. The van der Waals surface area contributed by atoms with Crippen molar-refractivity contribution in [1.82, 2.24) is 0 Å². The van der Waals surface area contributed by atoms with E-state index in [1.165, 1.54) is 0 Å². The van der Waals surface area contributed by atoms with E-state index in [0.717, 1.165) is 28.3 Å². The molecule has 0 saturated carbocycles. The van der Waals surface area contributed by atoms with Crippen LogP contribution in [-0.4, -0.2) is 20.2 Å². The molecule has 0 unspecified atom stereocenters. The number of hydrogen-bond acceptors (Lipinski definition) is 3. The summed E-state index contributed by atoms with van der Waals surface area (Å²) in [6, 6.07) is 13.5. The predicted molar refractivity (Wildman–Crippen MR) is 105 cm³/mol. The molecule has 3 N–H and O–H groups in total. The second kappa shape index (κ2) is 9.24. The Balaban J connectivity index is 0.00000264. The third-order valence-corrected chi connectivity index (χ3v) is 3.14. The van der Waals surface area contributed by atoms with Gasteiger partial charge in [0.1, 0.15) is 11.5 Å². The van der Waals surface area contributed by atoms with Crippen molar-refractivity contribution in [3.8, 4) is 11.5 Å². The number of nitrogens with two attached hydrogens (primary N) is 1. The van der Waals surface area contributed by atoms with Gasteiger partial charge in [0.2, 0.25) is 0 Å². The topological polar surface area (TPSA) is 68.9 Å². The number of benzene rings is 2. The Hall–Kier alpha value is -1.96. The lowest BCUT2D eigenvalue weighted by Gasteiger charge is -2.08. The van der Waals surface area contributed by atoms with Gasteiger partial charge in [0.15, 0.2) is 5.96 Å². The first-order chi connectivity index (χ1) is 10.6. The fourth-order valence-electron chi connectivity index (χ4n) is 2.07. The summed E-state index contributed by atoms with van der Waals surface area (Å²) in [4.78, 5) is 4.35. The van der Waals surface area contributed by atoms with Gasteiger partial charge in [0.25, 0.3) is 0 Å². The van der Waals surface area contributed by atoms with E-state index in [9.17, 15) is 0 Å². The van der Waals surface area contributed by atoms with Crippen molar-refractivity contribution in [2.24, 2.45) is 10.7 Å². The molecule has 0 radical (unpaired) electrons. The number of halogens is 1. The zero-order valence-corrected chi connectivity index (χ0v) is 15.8. The van der Waals surface area contributed by atoms with E-state index in [4.69, 9.17) is 15.2 Å². The number of nitrogens with zero attached hydrogens (tertiary/aromatic N) is 1. The number of ether oxygens (including phenoxy) is 2. The van der Waals surface area contributed by atoms with Gasteiger partial charge in [0, 0.05) is 5.69 Å². The number of anilines is 1. The van der Waals surface area contributed by atoms with E-state index in [-0.39, 0.29) is 24.0 Å². The molecule has 0 bridgehead atoms. The summed E-state index contributed by atoms with van der Waals surface area (Å²) in [7, 11) is 3.29. The Morgan fingerprint density at radius 1 is 1.04 bits per heavy atom. The number of guanidine groups is 1. The number of aryl methyl sites for hydroxylation is 1. The van der Waals surface area contributed by atoms with Gasteiger partial charge in [-0.25, -0.2) is 4.99 Å². The molecule has 23 heavy (non-hydrogen) atoms. The molecule has 0 spiro atoms. The summed E-state index contributed by atoms with van der Waals surface area (Å²) in [5.41, 5.74) is 8.96. The van der Waals surface area contributed by atoms with Gasteiger partial charge in [-0.05, 0) is 54.4 Å². The zero-order chi connectivity index (χ0) is 15.9. The SMILES string of the molecule is COc1ccc(NC(N)=NCc2cc(C)cc(OC)c2)cc1.I. The molecule has 2 aromatic rings. The molecule has 0 fully saturated rings. The van der Waals surface area contributed by atoms with Crippen LogP contribution in [0.15, 0.2) is 47.5 Å². The lowest BCUT2D eigenvalue weighted by atomic mass is 10.1. The number of rotatable bonds is 5. The summed E-state index contributed by atoms with van der Waals surface area (Å²) >= 11 is 0. The van der Waals surface area contributed by atoms with Crippen molar-refractivity contribution in [2.75, 3.05) is 19.5 Å². The van der Waals surface area contributed by atoms with Gasteiger partial charge in [-0.1, -0.05) is 6.07 Å². The highest BCUT2D eigenvalue weighted by molar-refractivity contribution is 14.0. The average Bonchev–Trinajstić information content (AvgIpc) is 2.53. The number of nitrogens with one attached hydrogen (secondary N) is 1. The molecule has 0 atom stereocenters. The summed E-state index contributed by atoms with van der Waals surface area (Å²) < 4.78 is 10.4. The van der Waals surface area contributed by atoms with Crippen LogP contribution in [0.5, 0.6) is 11.5 Å². The average molecular weight is 427 g/mol. The fraction of sp³-hybridized carbons (Fsp3) is 0.235. The van der Waals surface area contributed by atoms with E-state index < -0.39 is 0 Å². The van der Waals surface area contributed by atoms with Gasteiger partial charge in [-0.2, -0.15) is 0 Å². The molecule has 0 aliphatic heterocycles. The lowest BCUT2D eigenvalue weighted by Crippen LogP contribution is -2.22. The summed E-state index contributed by atoms with van der Waals surface area (Å²) in [6.07, 6.45) is 0. The first-order valence-corrected chi connectivity index (χ1v) is 6.96. The van der Waals surface area contributed by atoms with Crippen molar-refractivity contribution < 1.29 is 9.47 Å². The molecule has 0 heterocycles. The Kier molecular flexibility index (Phi) is 7.67. The van der Waals surface area contributed by atoms with Crippen LogP contribution in [0, 0.1) is 6.92 Å². The van der Waals surface area contributed by atoms with Crippen LogP contribution in [0.25, 0.3) is 0 Å². The van der Waals surface area contributed by atoms with Gasteiger partial charge in [-0.3, -0.25) is 0 Å². The largest absolute Gasteiger partial charge is 0.497 e. The van der Waals surface area contributed by atoms with Crippen LogP contribution in [-0.2, 0) is 6.54 Å².